The van der Waals surface area contributed by atoms with Gasteiger partial charge >= 0.3 is 0 Å². The number of piperidine rings is 1. The molecule has 0 atom stereocenters. The molecule has 0 unspecified atom stereocenters. The van der Waals surface area contributed by atoms with Gasteiger partial charge in [-0.1, -0.05) is 23.2 Å². The molecule has 1 aromatic carbocycles. The first-order chi connectivity index (χ1) is 10.7. The van der Waals surface area contributed by atoms with Gasteiger partial charge in [0.1, 0.15) is 12.4 Å². The van der Waals surface area contributed by atoms with Crippen LogP contribution in [0.2, 0.25) is 10.0 Å². The molecule has 0 bridgehead atoms. The standard InChI is InChI=1S/C16H23Cl2NO3/c17-13-2-3-16(15(18)12-13)22-11-8-19-6-4-14(5-7-19)21-10-1-9-20/h2-3,12,14,20H,1,4-11H2. The van der Waals surface area contributed by atoms with Crippen molar-refractivity contribution in [2.24, 2.45) is 0 Å². The minimum atomic E-state index is 0.198. The lowest BCUT2D eigenvalue weighted by atomic mass is 10.1. The van der Waals surface area contributed by atoms with Gasteiger partial charge in [-0.05, 0) is 37.5 Å². The Hall–Kier alpha value is -0.520. The minimum absolute atomic E-state index is 0.198. The third-order valence-electron chi connectivity index (χ3n) is 3.75. The molecule has 1 aliphatic heterocycles. The average Bonchev–Trinajstić information content (AvgIpc) is 2.51. The molecule has 0 amide bonds. The quantitative estimate of drug-likeness (QED) is 0.733. The molecule has 1 N–H and O–H groups in total. The van der Waals surface area contributed by atoms with Crippen molar-refractivity contribution in [3.8, 4) is 5.75 Å². The van der Waals surface area contributed by atoms with Crippen LogP contribution in [0.25, 0.3) is 0 Å². The van der Waals surface area contributed by atoms with Crippen LogP contribution in [0, 0.1) is 0 Å². The van der Waals surface area contributed by atoms with Gasteiger partial charge in [0.2, 0.25) is 0 Å². The summed E-state index contributed by atoms with van der Waals surface area (Å²) >= 11 is 11.9. The number of benzene rings is 1. The van der Waals surface area contributed by atoms with Crippen LogP contribution >= 0.6 is 23.2 Å². The molecular weight excluding hydrogens is 325 g/mol. The van der Waals surface area contributed by atoms with Gasteiger partial charge in [-0.3, -0.25) is 4.90 Å². The van der Waals surface area contributed by atoms with Crippen molar-refractivity contribution in [2.75, 3.05) is 39.5 Å². The number of ether oxygens (including phenoxy) is 2. The largest absolute Gasteiger partial charge is 0.491 e. The number of likely N-dealkylation sites (tertiary alicyclic amines) is 1. The van der Waals surface area contributed by atoms with Crippen molar-refractivity contribution in [1.82, 2.24) is 4.90 Å². The maximum Gasteiger partial charge on any atom is 0.138 e. The molecule has 124 valence electrons. The molecule has 1 heterocycles. The summed E-state index contributed by atoms with van der Waals surface area (Å²) < 4.78 is 11.4. The Morgan fingerprint density at radius 2 is 1.95 bits per heavy atom. The van der Waals surface area contributed by atoms with Gasteiger partial charge in [-0.15, -0.1) is 0 Å². The molecule has 1 aromatic rings. The molecule has 4 nitrogen and oxygen atoms in total. The Morgan fingerprint density at radius 3 is 2.64 bits per heavy atom. The van der Waals surface area contributed by atoms with Crippen molar-refractivity contribution in [3.05, 3.63) is 28.2 Å². The zero-order valence-corrected chi connectivity index (χ0v) is 14.2. The zero-order chi connectivity index (χ0) is 15.8. The highest BCUT2D eigenvalue weighted by Crippen LogP contribution is 2.27. The highest BCUT2D eigenvalue weighted by atomic mass is 35.5. The van der Waals surface area contributed by atoms with Crippen LogP contribution < -0.4 is 4.74 Å². The minimum Gasteiger partial charge on any atom is -0.491 e. The van der Waals surface area contributed by atoms with E-state index in [2.05, 4.69) is 4.90 Å². The third-order valence-corrected chi connectivity index (χ3v) is 4.28. The predicted octanol–water partition coefficient (Wildman–Crippen LogP) is 3.24. The van der Waals surface area contributed by atoms with E-state index in [0.29, 0.717) is 35.1 Å². The molecule has 0 radical (unpaired) electrons. The van der Waals surface area contributed by atoms with Crippen LogP contribution in [0.5, 0.6) is 5.75 Å². The first-order valence-corrected chi connectivity index (χ1v) is 8.47. The summed E-state index contributed by atoms with van der Waals surface area (Å²) in [4.78, 5) is 2.37. The second-order valence-electron chi connectivity index (χ2n) is 5.41. The monoisotopic (exact) mass is 347 g/mol. The van der Waals surface area contributed by atoms with Gasteiger partial charge in [0, 0.05) is 37.9 Å². The third kappa shape index (κ3) is 5.94. The highest BCUT2D eigenvalue weighted by molar-refractivity contribution is 6.35. The molecule has 0 spiro atoms. The highest BCUT2D eigenvalue weighted by Gasteiger charge is 2.19. The van der Waals surface area contributed by atoms with Crippen LogP contribution in [0.3, 0.4) is 0 Å². The van der Waals surface area contributed by atoms with Crippen molar-refractivity contribution < 1.29 is 14.6 Å². The molecule has 1 aliphatic rings. The van der Waals surface area contributed by atoms with E-state index in [1.54, 1.807) is 18.2 Å². The maximum absolute atomic E-state index is 8.74. The molecule has 0 saturated carbocycles. The number of halogens is 2. The summed E-state index contributed by atoms with van der Waals surface area (Å²) in [5, 5.41) is 9.90. The van der Waals surface area contributed by atoms with E-state index in [1.807, 2.05) is 0 Å². The van der Waals surface area contributed by atoms with E-state index in [0.717, 1.165) is 38.9 Å². The lowest BCUT2D eigenvalue weighted by Gasteiger charge is -2.31. The average molecular weight is 348 g/mol. The summed E-state index contributed by atoms with van der Waals surface area (Å²) in [7, 11) is 0. The second-order valence-corrected chi connectivity index (χ2v) is 6.26. The molecule has 2 rings (SSSR count). The fraction of sp³-hybridized carbons (Fsp3) is 0.625. The SMILES string of the molecule is OCCCOC1CCN(CCOc2ccc(Cl)cc2Cl)CC1. The number of hydrogen-bond donors (Lipinski definition) is 1. The van der Waals surface area contributed by atoms with Crippen LogP contribution in [-0.4, -0.2) is 55.6 Å². The Kier molecular flexibility index (Phi) is 7.76. The van der Waals surface area contributed by atoms with E-state index in [1.165, 1.54) is 0 Å². The molecule has 22 heavy (non-hydrogen) atoms. The van der Waals surface area contributed by atoms with Gasteiger partial charge in [0.25, 0.3) is 0 Å². The van der Waals surface area contributed by atoms with E-state index >= 15 is 0 Å². The topological polar surface area (TPSA) is 41.9 Å². The van der Waals surface area contributed by atoms with E-state index < -0.39 is 0 Å². The summed E-state index contributed by atoms with van der Waals surface area (Å²) in [6, 6.07) is 5.26. The second kappa shape index (κ2) is 9.58. The van der Waals surface area contributed by atoms with Crippen molar-refractivity contribution in [1.29, 1.82) is 0 Å². The van der Waals surface area contributed by atoms with E-state index in [9.17, 15) is 0 Å². The van der Waals surface area contributed by atoms with Crippen molar-refractivity contribution in [3.63, 3.8) is 0 Å². The van der Waals surface area contributed by atoms with Crippen LogP contribution in [0.1, 0.15) is 19.3 Å². The number of aliphatic hydroxyl groups is 1. The number of nitrogens with zero attached hydrogens (tertiary/aromatic N) is 1. The number of hydrogen-bond acceptors (Lipinski definition) is 4. The molecule has 0 aliphatic carbocycles. The van der Waals surface area contributed by atoms with Gasteiger partial charge in [0.15, 0.2) is 0 Å². The van der Waals surface area contributed by atoms with Crippen molar-refractivity contribution in [2.45, 2.75) is 25.4 Å². The summed E-state index contributed by atoms with van der Waals surface area (Å²) in [5.74, 6) is 0.674. The zero-order valence-electron chi connectivity index (χ0n) is 12.6. The summed E-state index contributed by atoms with van der Waals surface area (Å²) in [5.41, 5.74) is 0. The van der Waals surface area contributed by atoms with Gasteiger partial charge in [-0.2, -0.15) is 0 Å². The Balaban J connectivity index is 1.62. The lowest BCUT2D eigenvalue weighted by Crippen LogP contribution is -2.39. The van der Waals surface area contributed by atoms with Gasteiger partial charge < -0.3 is 14.6 Å². The predicted molar refractivity (Wildman–Crippen MR) is 89.1 cm³/mol. The Bertz CT molecular complexity index is 451. The maximum atomic E-state index is 8.74. The smallest absolute Gasteiger partial charge is 0.138 e. The van der Waals surface area contributed by atoms with E-state index in [-0.39, 0.29) is 6.61 Å². The fourth-order valence-corrected chi connectivity index (χ4v) is 2.95. The van der Waals surface area contributed by atoms with E-state index in [4.69, 9.17) is 37.8 Å². The van der Waals surface area contributed by atoms with Crippen LogP contribution in [0.15, 0.2) is 18.2 Å². The molecule has 6 heteroatoms. The molecular formula is C16H23Cl2NO3. The molecule has 1 fully saturated rings. The first-order valence-electron chi connectivity index (χ1n) is 7.71. The lowest BCUT2D eigenvalue weighted by molar-refractivity contribution is 0.000411. The fourth-order valence-electron chi connectivity index (χ4n) is 2.49. The Morgan fingerprint density at radius 1 is 1.18 bits per heavy atom. The first kappa shape index (κ1) is 17.8. The van der Waals surface area contributed by atoms with Crippen LogP contribution in [-0.2, 0) is 4.74 Å². The molecule has 0 aromatic heterocycles. The molecule has 1 saturated heterocycles. The summed E-state index contributed by atoms with van der Waals surface area (Å²) in [6.45, 7) is 4.37. The van der Waals surface area contributed by atoms with Crippen LogP contribution in [0.4, 0.5) is 0 Å². The normalized spacial score (nSPS) is 16.9. The van der Waals surface area contributed by atoms with Gasteiger partial charge in [-0.25, -0.2) is 0 Å². The number of rotatable bonds is 8. The van der Waals surface area contributed by atoms with Crippen molar-refractivity contribution >= 4 is 23.2 Å². The summed E-state index contributed by atoms with van der Waals surface area (Å²) in [6.07, 6.45) is 3.12. The number of aliphatic hydroxyl groups excluding tert-OH is 1. The Labute approximate surface area is 141 Å². The van der Waals surface area contributed by atoms with Gasteiger partial charge in [0.05, 0.1) is 11.1 Å².